The molecule has 0 radical (unpaired) electrons. The number of thiophene rings is 1. The zero-order valence-corrected chi connectivity index (χ0v) is 21.0. The second kappa shape index (κ2) is 9.30. The van der Waals surface area contributed by atoms with Gasteiger partial charge in [-0.15, -0.1) is 22.7 Å². The molecule has 7 heteroatoms. The minimum absolute atomic E-state index is 0.325. The summed E-state index contributed by atoms with van der Waals surface area (Å²) in [6.07, 6.45) is 6.84. The van der Waals surface area contributed by atoms with Gasteiger partial charge in [0.1, 0.15) is 16.3 Å². The van der Waals surface area contributed by atoms with Crippen LogP contribution in [0.5, 0.6) is 0 Å². The van der Waals surface area contributed by atoms with E-state index in [9.17, 15) is 4.79 Å². The Morgan fingerprint density at radius 1 is 1.18 bits per heavy atom. The first-order chi connectivity index (χ1) is 16.7. The van der Waals surface area contributed by atoms with E-state index in [1.54, 1.807) is 22.7 Å². The lowest BCUT2D eigenvalue weighted by atomic mass is 9.95. The Morgan fingerprint density at radius 3 is 3.03 bits per heavy atom. The van der Waals surface area contributed by atoms with Crippen LogP contribution in [0.15, 0.2) is 36.7 Å². The summed E-state index contributed by atoms with van der Waals surface area (Å²) < 4.78 is 1.15. The second-order valence-corrected chi connectivity index (χ2v) is 11.5. The minimum Gasteiger partial charge on any atom is -0.312 e. The molecule has 0 fully saturated rings. The van der Waals surface area contributed by atoms with Crippen molar-refractivity contribution in [1.82, 2.24) is 20.2 Å². The number of fused-ring (bicyclic) bond motifs is 3. The largest absolute Gasteiger partial charge is 0.312 e. The first-order valence-electron chi connectivity index (χ1n) is 12.0. The summed E-state index contributed by atoms with van der Waals surface area (Å²) in [4.78, 5) is 27.3. The topological polar surface area (TPSA) is 58.1 Å². The molecule has 4 aromatic rings. The van der Waals surface area contributed by atoms with Crippen molar-refractivity contribution in [2.45, 2.75) is 45.7 Å². The van der Waals surface area contributed by atoms with E-state index in [0.29, 0.717) is 18.6 Å². The van der Waals surface area contributed by atoms with E-state index in [4.69, 9.17) is 4.98 Å². The molecule has 0 saturated heterocycles. The van der Waals surface area contributed by atoms with Crippen molar-refractivity contribution in [1.29, 1.82) is 0 Å². The summed E-state index contributed by atoms with van der Waals surface area (Å²) in [6.45, 7) is 6.89. The van der Waals surface area contributed by atoms with Crippen LogP contribution >= 0.6 is 22.7 Å². The van der Waals surface area contributed by atoms with Crippen molar-refractivity contribution in [2.24, 2.45) is 0 Å². The molecule has 0 atom stereocenters. The smallest absolute Gasteiger partial charge is 0.139 e. The first kappa shape index (κ1) is 22.0. The maximum absolute atomic E-state index is 13.2. The molecular formula is C27H28N4OS2. The number of hydrogen-bond donors (Lipinski definition) is 1. The Labute approximate surface area is 207 Å². The molecule has 5 heterocycles. The van der Waals surface area contributed by atoms with Gasteiger partial charge in [0.2, 0.25) is 0 Å². The summed E-state index contributed by atoms with van der Waals surface area (Å²) in [5.74, 6) is 0.325. The lowest BCUT2D eigenvalue weighted by Gasteiger charge is -2.29. The maximum atomic E-state index is 13.2. The quantitative estimate of drug-likeness (QED) is 0.417. The Morgan fingerprint density at radius 2 is 2.12 bits per heavy atom. The molecule has 3 aromatic heterocycles. The van der Waals surface area contributed by atoms with E-state index in [1.807, 2.05) is 18.5 Å². The summed E-state index contributed by atoms with van der Waals surface area (Å²) in [6, 6.07) is 8.61. The number of benzene rings is 1. The molecule has 0 amide bonds. The van der Waals surface area contributed by atoms with Crippen LogP contribution in [-0.4, -0.2) is 40.3 Å². The van der Waals surface area contributed by atoms with E-state index >= 15 is 0 Å². The molecule has 0 saturated carbocycles. The van der Waals surface area contributed by atoms with Gasteiger partial charge in [-0.1, -0.05) is 18.2 Å². The molecule has 1 aromatic carbocycles. The van der Waals surface area contributed by atoms with Gasteiger partial charge in [0.15, 0.2) is 0 Å². The summed E-state index contributed by atoms with van der Waals surface area (Å²) in [5, 5.41) is 4.52. The average Bonchev–Trinajstić information content (AvgIpc) is 3.43. The van der Waals surface area contributed by atoms with E-state index < -0.39 is 0 Å². The number of ketones is 1. The Kier molecular flexibility index (Phi) is 6.03. The Balaban J connectivity index is 1.20. The van der Waals surface area contributed by atoms with Crippen LogP contribution in [0.4, 0.5) is 0 Å². The van der Waals surface area contributed by atoms with Crippen LogP contribution in [0.1, 0.15) is 38.4 Å². The predicted octanol–water partition coefficient (Wildman–Crippen LogP) is 4.93. The van der Waals surface area contributed by atoms with Crippen molar-refractivity contribution < 1.29 is 4.79 Å². The summed E-state index contributed by atoms with van der Waals surface area (Å²) in [5.41, 5.74) is 7.86. The minimum atomic E-state index is 0.325. The maximum Gasteiger partial charge on any atom is 0.139 e. The fourth-order valence-corrected chi connectivity index (χ4v) is 7.70. The highest BCUT2D eigenvalue weighted by molar-refractivity contribution is 7.22. The monoisotopic (exact) mass is 488 g/mol. The van der Waals surface area contributed by atoms with Crippen molar-refractivity contribution in [2.75, 3.05) is 19.6 Å². The number of nitrogens with one attached hydrogen (secondary N) is 1. The number of pyridine rings is 1. The number of rotatable bonds is 6. The molecule has 1 N–H and O–H groups in total. The molecule has 2 aliphatic rings. The molecule has 2 aliphatic heterocycles. The van der Waals surface area contributed by atoms with Crippen molar-refractivity contribution in [3.8, 4) is 10.6 Å². The zero-order chi connectivity index (χ0) is 23.1. The van der Waals surface area contributed by atoms with Crippen LogP contribution in [0.3, 0.4) is 0 Å². The van der Waals surface area contributed by atoms with E-state index in [0.717, 1.165) is 60.8 Å². The first-order valence-corrected chi connectivity index (χ1v) is 13.7. The second-order valence-electron chi connectivity index (χ2n) is 9.30. The molecule has 6 rings (SSSR count). The summed E-state index contributed by atoms with van der Waals surface area (Å²) >= 11 is 3.52. The molecule has 34 heavy (non-hydrogen) atoms. The standard InChI is InChI=1S/C27H28N4OS2/c1-17-3-2-4-18-16-31(12-8-20(17)18)11-7-19(32)13-24-26(21-5-9-29-15-25(21)33-24)27-30-22-14-28-10-6-23(22)34-27/h2-4,6,10,14,29H,5,7-9,11-13,15-16H2,1H3. The lowest BCUT2D eigenvalue weighted by molar-refractivity contribution is -0.118. The fraction of sp³-hybridized carbons (Fsp3) is 0.370. The number of thiazole rings is 1. The van der Waals surface area contributed by atoms with Gasteiger partial charge in [0, 0.05) is 60.5 Å². The van der Waals surface area contributed by atoms with Crippen LogP contribution < -0.4 is 5.32 Å². The molecule has 0 spiro atoms. The highest BCUT2D eigenvalue weighted by Crippen LogP contribution is 2.41. The molecule has 174 valence electrons. The van der Waals surface area contributed by atoms with E-state index in [-0.39, 0.29) is 0 Å². The highest BCUT2D eigenvalue weighted by atomic mass is 32.1. The van der Waals surface area contributed by atoms with Gasteiger partial charge < -0.3 is 5.32 Å². The number of carbonyl (C=O) groups is 1. The third-order valence-corrected chi connectivity index (χ3v) is 9.33. The highest BCUT2D eigenvalue weighted by Gasteiger charge is 2.25. The lowest BCUT2D eigenvalue weighted by Crippen LogP contribution is -2.32. The van der Waals surface area contributed by atoms with Crippen molar-refractivity contribution >= 4 is 38.7 Å². The number of nitrogens with zero attached hydrogens (tertiary/aromatic N) is 3. The number of hydrogen-bond acceptors (Lipinski definition) is 7. The van der Waals surface area contributed by atoms with Gasteiger partial charge >= 0.3 is 0 Å². The number of carbonyl (C=O) groups excluding carboxylic acids is 1. The third kappa shape index (κ3) is 4.22. The fourth-order valence-electron chi connectivity index (χ4n) is 5.25. The van der Waals surface area contributed by atoms with Crippen LogP contribution in [0, 0.1) is 6.92 Å². The number of aromatic nitrogens is 2. The molecular weight excluding hydrogens is 460 g/mol. The van der Waals surface area contributed by atoms with E-state index in [2.05, 4.69) is 40.3 Å². The summed E-state index contributed by atoms with van der Waals surface area (Å²) in [7, 11) is 0. The normalized spacial score (nSPS) is 15.9. The third-order valence-electron chi connectivity index (χ3n) is 7.05. The molecule has 0 unspecified atom stereocenters. The van der Waals surface area contributed by atoms with Gasteiger partial charge in [0.05, 0.1) is 10.9 Å². The van der Waals surface area contributed by atoms with Gasteiger partial charge in [-0.2, -0.15) is 0 Å². The zero-order valence-electron chi connectivity index (χ0n) is 19.4. The van der Waals surface area contributed by atoms with E-state index in [1.165, 1.54) is 37.6 Å². The number of Topliss-reactive ketones (excluding diaryl/α,β-unsaturated/α-hetero) is 1. The molecule has 5 nitrogen and oxygen atoms in total. The average molecular weight is 489 g/mol. The van der Waals surface area contributed by atoms with Crippen LogP contribution in [0.2, 0.25) is 0 Å². The van der Waals surface area contributed by atoms with Crippen molar-refractivity contribution in [3.05, 3.63) is 68.7 Å². The number of aryl methyl sites for hydroxylation is 1. The van der Waals surface area contributed by atoms with Gasteiger partial charge in [0.25, 0.3) is 0 Å². The predicted molar refractivity (Wildman–Crippen MR) is 140 cm³/mol. The van der Waals surface area contributed by atoms with Gasteiger partial charge in [-0.3, -0.25) is 14.7 Å². The SMILES string of the molecule is Cc1cccc2c1CCN(CCC(=O)Cc1sc3c(c1-c1nc4cnccc4s1)CCNC3)C2. The van der Waals surface area contributed by atoms with Gasteiger partial charge in [-0.05, 0) is 54.6 Å². The Bertz CT molecular complexity index is 1340. The Hall–Kier alpha value is -2.45. The van der Waals surface area contributed by atoms with Crippen LogP contribution in [-0.2, 0) is 37.1 Å². The van der Waals surface area contributed by atoms with Gasteiger partial charge in [-0.25, -0.2) is 4.98 Å². The van der Waals surface area contributed by atoms with Crippen molar-refractivity contribution in [3.63, 3.8) is 0 Å². The van der Waals surface area contributed by atoms with Crippen LogP contribution in [0.25, 0.3) is 20.8 Å². The molecule has 0 aliphatic carbocycles. The molecule has 0 bridgehead atoms.